The SMILES string of the molecule is CCNC(=NCC(=O)N(C)C)N1CCCC(C)C1. The maximum Gasteiger partial charge on any atom is 0.243 e. The first-order chi connectivity index (χ1) is 8.54. The normalized spacial score (nSPS) is 20.8. The molecule has 0 aromatic carbocycles. The molecule has 0 aromatic rings. The molecule has 0 bridgehead atoms. The lowest BCUT2D eigenvalue weighted by atomic mass is 10.0. The summed E-state index contributed by atoms with van der Waals surface area (Å²) in [4.78, 5) is 19.8. The monoisotopic (exact) mass is 254 g/mol. The molecule has 1 unspecified atom stereocenters. The van der Waals surface area contributed by atoms with Gasteiger partial charge in [-0.05, 0) is 25.7 Å². The minimum atomic E-state index is 0.0375. The number of carbonyl (C=O) groups excluding carboxylic acids is 1. The molecule has 1 saturated heterocycles. The lowest BCUT2D eigenvalue weighted by Gasteiger charge is -2.33. The van der Waals surface area contributed by atoms with E-state index in [4.69, 9.17) is 0 Å². The number of hydrogen-bond acceptors (Lipinski definition) is 2. The molecular formula is C13H26N4O. The molecule has 1 atom stereocenters. The molecular weight excluding hydrogens is 228 g/mol. The second-order valence-corrected chi connectivity index (χ2v) is 5.15. The molecule has 1 heterocycles. The highest BCUT2D eigenvalue weighted by Gasteiger charge is 2.19. The van der Waals surface area contributed by atoms with Crippen molar-refractivity contribution in [3.05, 3.63) is 0 Å². The minimum Gasteiger partial charge on any atom is -0.357 e. The highest BCUT2D eigenvalue weighted by molar-refractivity contribution is 5.84. The lowest BCUT2D eigenvalue weighted by Crippen LogP contribution is -2.46. The van der Waals surface area contributed by atoms with Crippen LogP contribution < -0.4 is 5.32 Å². The van der Waals surface area contributed by atoms with Gasteiger partial charge in [0.15, 0.2) is 5.96 Å². The summed E-state index contributed by atoms with van der Waals surface area (Å²) >= 11 is 0. The van der Waals surface area contributed by atoms with Gasteiger partial charge in [0.1, 0.15) is 6.54 Å². The Bertz CT molecular complexity index is 301. The van der Waals surface area contributed by atoms with Crippen molar-refractivity contribution in [3.63, 3.8) is 0 Å². The number of amides is 1. The van der Waals surface area contributed by atoms with Crippen LogP contribution >= 0.6 is 0 Å². The fraction of sp³-hybridized carbons (Fsp3) is 0.846. The van der Waals surface area contributed by atoms with Gasteiger partial charge in [0, 0.05) is 33.7 Å². The zero-order chi connectivity index (χ0) is 13.5. The Kier molecular flexibility index (Phi) is 5.95. The lowest BCUT2D eigenvalue weighted by molar-refractivity contribution is -0.127. The highest BCUT2D eigenvalue weighted by Crippen LogP contribution is 2.15. The van der Waals surface area contributed by atoms with E-state index in [1.807, 2.05) is 0 Å². The molecule has 0 aromatic heterocycles. The molecule has 0 spiro atoms. The van der Waals surface area contributed by atoms with Crippen molar-refractivity contribution < 1.29 is 4.79 Å². The molecule has 0 radical (unpaired) electrons. The van der Waals surface area contributed by atoms with Crippen LogP contribution in [0.5, 0.6) is 0 Å². The maximum atomic E-state index is 11.6. The average molecular weight is 254 g/mol. The van der Waals surface area contributed by atoms with Gasteiger partial charge < -0.3 is 15.1 Å². The Morgan fingerprint density at radius 2 is 2.22 bits per heavy atom. The van der Waals surface area contributed by atoms with Crippen LogP contribution in [0.25, 0.3) is 0 Å². The van der Waals surface area contributed by atoms with Crippen LogP contribution in [0.4, 0.5) is 0 Å². The van der Waals surface area contributed by atoms with Crippen molar-refractivity contribution in [1.29, 1.82) is 0 Å². The van der Waals surface area contributed by atoms with Crippen LogP contribution in [-0.2, 0) is 4.79 Å². The van der Waals surface area contributed by atoms with E-state index in [9.17, 15) is 4.79 Å². The van der Waals surface area contributed by atoms with Gasteiger partial charge in [-0.25, -0.2) is 4.99 Å². The van der Waals surface area contributed by atoms with E-state index in [1.54, 1.807) is 19.0 Å². The molecule has 1 aliphatic rings. The summed E-state index contributed by atoms with van der Waals surface area (Å²) in [5.41, 5.74) is 0. The van der Waals surface area contributed by atoms with Crippen LogP contribution in [0, 0.1) is 5.92 Å². The van der Waals surface area contributed by atoms with Crippen LogP contribution in [0.1, 0.15) is 26.7 Å². The van der Waals surface area contributed by atoms with E-state index in [-0.39, 0.29) is 12.5 Å². The van der Waals surface area contributed by atoms with E-state index in [1.165, 1.54) is 12.8 Å². The van der Waals surface area contributed by atoms with Gasteiger partial charge in [-0.2, -0.15) is 0 Å². The largest absolute Gasteiger partial charge is 0.357 e. The van der Waals surface area contributed by atoms with Crippen LogP contribution in [0.15, 0.2) is 4.99 Å². The predicted octanol–water partition coefficient (Wildman–Crippen LogP) is 0.772. The smallest absolute Gasteiger partial charge is 0.243 e. The number of rotatable bonds is 3. The standard InChI is InChI=1S/C13H26N4O/c1-5-14-13(15-9-12(18)16(3)4)17-8-6-7-11(2)10-17/h11H,5-10H2,1-4H3,(H,14,15). The van der Waals surface area contributed by atoms with E-state index >= 15 is 0 Å². The van der Waals surface area contributed by atoms with Crippen molar-refractivity contribution in [1.82, 2.24) is 15.1 Å². The number of nitrogens with one attached hydrogen (secondary N) is 1. The van der Waals surface area contributed by atoms with E-state index in [0.29, 0.717) is 5.92 Å². The quantitative estimate of drug-likeness (QED) is 0.598. The van der Waals surface area contributed by atoms with Crippen molar-refractivity contribution in [2.75, 3.05) is 40.3 Å². The highest BCUT2D eigenvalue weighted by atomic mass is 16.2. The van der Waals surface area contributed by atoms with Gasteiger partial charge in [0.25, 0.3) is 0 Å². The third-order valence-corrected chi connectivity index (χ3v) is 3.15. The zero-order valence-electron chi connectivity index (χ0n) is 12.1. The molecule has 1 aliphatic heterocycles. The summed E-state index contributed by atoms with van der Waals surface area (Å²) < 4.78 is 0. The molecule has 1 N–H and O–H groups in total. The summed E-state index contributed by atoms with van der Waals surface area (Å²) in [5, 5.41) is 3.27. The second-order valence-electron chi connectivity index (χ2n) is 5.15. The molecule has 1 fully saturated rings. The summed E-state index contributed by atoms with van der Waals surface area (Å²) in [6.07, 6.45) is 2.49. The minimum absolute atomic E-state index is 0.0375. The van der Waals surface area contributed by atoms with E-state index in [2.05, 4.69) is 29.1 Å². The van der Waals surface area contributed by atoms with Gasteiger partial charge in [0.2, 0.25) is 5.91 Å². The van der Waals surface area contributed by atoms with Gasteiger partial charge in [-0.15, -0.1) is 0 Å². The molecule has 5 nitrogen and oxygen atoms in total. The molecule has 0 aliphatic carbocycles. The number of piperidine rings is 1. The van der Waals surface area contributed by atoms with Gasteiger partial charge >= 0.3 is 0 Å². The first-order valence-corrected chi connectivity index (χ1v) is 6.78. The Labute approximate surface area is 110 Å². The Hall–Kier alpha value is -1.26. The molecule has 1 rings (SSSR count). The zero-order valence-corrected chi connectivity index (χ0v) is 12.1. The fourth-order valence-electron chi connectivity index (χ4n) is 2.09. The molecule has 18 heavy (non-hydrogen) atoms. The van der Waals surface area contributed by atoms with E-state index in [0.717, 1.165) is 25.6 Å². The fourth-order valence-corrected chi connectivity index (χ4v) is 2.09. The number of hydrogen-bond donors (Lipinski definition) is 1. The van der Waals surface area contributed by atoms with Crippen molar-refractivity contribution >= 4 is 11.9 Å². The molecule has 0 saturated carbocycles. The van der Waals surface area contributed by atoms with Crippen molar-refractivity contribution in [2.24, 2.45) is 10.9 Å². The number of guanidine groups is 1. The molecule has 1 amide bonds. The van der Waals surface area contributed by atoms with E-state index < -0.39 is 0 Å². The van der Waals surface area contributed by atoms with Gasteiger partial charge in [-0.3, -0.25) is 4.79 Å². The van der Waals surface area contributed by atoms with Crippen LogP contribution in [0.2, 0.25) is 0 Å². The average Bonchev–Trinajstić information content (AvgIpc) is 2.33. The number of carbonyl (C=O) groups is 1. The number of nitrogens with zero attached hydrogens (tertiary/aromatic N) is 3. The Balaban J connectivity index is 2.62. The Morgan fingerprint density at radius 1 is 1.50 bits per heavy atom. The van der Waals surface area contributed by atoms with Crippen LogP contribution in [0.3, 0.4) is 0 Å². The summed E-state index contributed by atoms with van der Waals surface area (Å²) in [6.45, 7) is 7.44. The first-order valence-electron chi connectivity index (χ1n) is 6.78. The summed E-state index contributed by atoms with van der Waals surface area (Å²) in [6, 6.07) is 0. The number of likely N-dealkylation sites (N-methyl/N-ethyl adjacent to an activating group) is 1. The second kappa shape index (κ2) is 7.24. The van der Waals surface area contributed by atoms with Gasteiger partial charge in [-0.1, -0.05) is 6.92 Å². The predicted molar refractivity (Wildman–Crippen MR) is 74.6 cm³/mol. The third kappa shape index (κ3) is 4.55. The maximum absolute atomic E-state index is 11.6. The van der Waals surface area contributed by atoms with Crippen LogP contribution in [-0.4, -0.2) is 61.9 Å². The van der Waals surface area contributed by atoms with Crippen molar-refractivity contribution in [3.8, 4) is 0 Å². The van der Waals surface area contributed by atoms with Crippen molar-refractivity contribution in [2.45, 2.75) is 26.7 Å². The third-order valence-electron chi connectivity index (χ3n) is 3.15. The number of likely N-dealkylation sites (tertiary alicyclic amines) is 1. The van der Waals surface area contributed by atoms with Gasteiger partial charge in [0.05, 0.1) is 0 Å². The Morgan fingerprint density at radius 3 is 2.78 bits per heavy atom. The summed E-state index contributed by atoms with van der Waals surface area (Å²) in [7, 11) is 3.52. The first kappa shape index (κ1) is 14.8. The molecule has 5 heteroatoms. The summed E-state index contributed by atoms with van der Waals surface area (Å²) in [5.74, 6) is 1.61. The number of aliphatic imine (C=N–C) groups is 1. The topological polar surface area (TPSA) is 47.9 Å². The molecule has 104 valence electrons.